The molecule has 0 aliphatic rings. The molecule has 3 N–H and O–H groups in total. The summed E-state index contributed by atoms with van der Waals surface area (Å²) < 4.78 is 0. The second-order valence-electron chi connectivity index (χ2n) is 4.47. The van der Waals surface area contributed by atoms with Crippen LogP contribution >= 0.6 is 0 Å². The maximum atomic E-state index is 11.5. The second kappa shape index (κ2) is 7.01. The maximum absolute atomic E-state index is 11.5. The van der Waals surface area contributed by atoms with E-state index in [1.54, 1.807) is 12.4 Å². The predicted octanol–water partition coefficient (Wildman–Crippen LogP) is 1.43. The molecule has 4 nitrogen and oxygen atoms in total. The van der Waals surface area contributed by atoms with Gasteiger partial charge in [-0.1, -0.05) is 0 Å². The van der Waals surface area contributed by atoms with Crippen molar-refractivity contribution in [1.29, 1.82) is 0 Å². The van der Waals surface area contributed by atoms with Crippen LogP contribution in [0, 0.1) is 0 Å². The summed E-state index contributed by atoms with van der Waals surface area (Å²) in [4.78, 5) is 15.5. The van der Waals surface area contributed by atoms with Crippen LogP contribution in [0.25, 0.3) is 0 Å². The summed E-state index contributed by atoms with van der Waals surface area (Å²) in [6.07, 6.45) is 4.81. The summed E-state index contributed by atoms with van der Waals surface area (Å²) in [7, 11) is 0. The third kappa shape index (κ3) is 4.95. The van der Waals surface area contributed by atoms with Gasteiger partial charge in [-0.05, 0) is 50.4 Å². The SMILES string of the molecule is CC(C)NC(=O)CCC(CN)c1ccncc1. The number of nitrogens with one attached hydrogen (secondary N) is 1. The van der Waals surface area contributed by atoms with Gasteiger partial charge in [0.1, 0.15) is 0 Å². The summed E-state index contributed by atoms with van der Waals surface area (Å²) in [6.45, 7) is 4.47. The molecule has 0 saturated heterocycles. The first kappa shape index (κ1) is 13.6. The minimum absolute atomic E-state index is 0.0903. The van der Waals surface area contributed by atoms with E-state index in [4.69, 9.17) is 5.73 Å². The number of amides is 1. The van der Waals surface area contributed by atoms with E-state index in [0.29, 0.717) is 13.0 Å². The van der Waals surface area contributed by atoms with E-state index in [-0.39, 0.29) is 17.9 Å². The van der Waals surface area contributed by atoms with Crippen molar-refractivity contribution < 1.29 is 4.79 Å². The van der Waals surface area contributed by atoms with Gasteiger partial charge in [0, 0.05) is 24.9 Å². The number of hydrogen-bond donors (Lipinski definition) is 2. The van der Waals surface area contributed by atoms with Gasteiger partial charge < -0.3 is 11.1 Å². The van der Waals surface area contributed by atoms with E-state index in [9.17, 15) is 4.79 Å². The zero-order valence-corrected chi connectivity index (χ0v) is 10.5. The van der Waals surface area contributed by atoms with Crippen molar-refractivity contribution in [3.05, 3.63) is 30.1 Å². The highest BCUT2D eigenvalue weighted by Gasteiger charge is 2.12. The van der Waals surface area contributed by atoms with E-state index in [1.807, 2.05) is 26.0 Å². The third-order valence-electron chi connectivity index (χ3n) is 2.63. The minimum Gasteiger partial charge on any atom is -0.354 e. The smallest absolute Gasteiger partial charge is 0.220 e. The molecule has 1 aromatic rings. The number of pyridine rings is 1. The molecule has 0 fully saturated rings. The average Bonchev–Trinajstić information content (AvgIpc) is 2.30. The molecule has 0 spiro atoms. The van der Waals surface area contributed by atoms with Gasteiger partial charge in [0.25, 0.3) is 0 Å². The van der Waals surface area contributed by atoms with E-state index >= 15 is 0 Å². The lowest BCUT2D eigenvalue weighted by atomic mass is 9.95. The highest BCUT2D eigenvalue weighted by molar-refractivity contribution is 5.76. The Morgan fingerprint density at radius 2 is 2.06 bits per heavy atom. The number of carbonyl (C=O) groups is 1. The lowest BCUT2D eigenvalue weighted by Crippen LogP contribution is -2.30. The van der Waals surface area contributed by atoms with Crippen LogP contribution < -0.4 is 11.1 Å². The van der Waals surface area contributed by atoms with Gasteiger partial charge in [-0.25, -0.2) is 0 Å². The monoisotopic (exact) mass is 235 g/mol. The average molecular weight is 235 g/mol. The predicted molar refractivity (Wildman–Crippen MR) is 68.5 cm³/mol. The van der Waals surface area contributed by atoms with Crippen LogP contribution in [0.1, 0.15) is 38.2 Å². The Labute approximate surface area is 103 Å². The highest BCUT2D eigenvalue weighted by atomic mass is 16.1. The van der Waals surface area contributed by atoms with Gasteiger partial charge >= 0.3 is 0 Å². The molecule has 94 valence electrons. The molecular formula is C13H21N3O. The summed E-state index contributed by atoms with van der Waals surface area (Å²) >= 11 is 0. The van der Waals surface area contributed by atoms with Gasteiger partial charge in [-0.3, -0.25) is 9.78 Å². The minimum atomic E-state index is 0.0903. The fourth-order valence-corrected chi connectivity index (χ4v) is 1.76. The molecule has 4 heteroatoms. The quantitative estimate of drug-likeness (QED) is 0.783. The van der Waals surface area contributed by atoms with Gasteiger partial charge in [-0.2, -0.15) is 0 Å². The molecule has 1 heterocycles. The highest BCUT2D eigenvalue weighted by Crippen LogP contribution is 2.19. The molecule has 1 unspecified atom stereocenters. The van der Waals surface area contributed by atoms with Gasteiger partial charge in [0.05, 0.1) is 0 Å². The Morgan fingerprint density at radius 1 is 1.41 bits per heavy atom. The molecule has 1 atom stereocenters. The number of hydrogen-bond acceptors (Lipinski definition) is 3. The lowest BCUT2D eigenvalue weighted by Gasteiger charge is -2.15. The first-order chi connectivity index (χ1) is 8.13. The maximum Gasteiger partial charge on any atom is 0.220 e. The van der Waals surface area contributed by atoms with Crippen LogP contribution in [-0.2, 0) is 4.79 Å². The molecule has 0 aromatic carbocycles. The van der Waals surface area contributed by atoms with Gasteiger partial charge in [0.15, 0.2) is 0 Å². The summed E-state index contributed by atoms with van der Waals surface area (Å²) in [5, 5.41) is 2.88. The van der Waals surface area contributed by atoms with Crippen LogP contribution in [0.5, 0.6) is 0 Å². The Kier molecular flexibility index (Phi) is 5.63. The second-order valence-corrected chi connectivity index (χ2v) is 4.47. The standard InChI is InChI=1S/C13H21N3O/c1-10(2)16-13(17)4-3-12(9-14)11-5-7-15-8-6-11/h5-8,10,12H,3-4,9,14H2,1-2H3,(H,16,17). The van der Waals surface area contributed by atoms with E-state index in [0.717, 1.165) is 12.0 Å². The number of nitrogens with two attached hydrogens (primary N) is 1. The Hall–Kier alpha value is -1.42. The van der Waals surface area contributed by atoms with Crippen molar-refractivity contribution in [2.45, 2.75) is 38.6 Å². The Balaban J connectivity index is 2.46. The number of nitrogens with zero attached hydrogens (tertiary/aromatic N) is 1. The van der Waals surface area contributed by atoms with Crippen LogP contribution in [0.3, 0.4) is 0 Å². The number of carbonyl (C=O) groups excluding carboxylic acids is 1. The fourth-order valence-electron chi connectivity index (χ4n) is 1.76. The third-order valence-corrected chi connectivity index (χ3v) is 2.63. The zero-order valence-electron chi connectivity index (χ0n) is 10.5. The first-order valence-corrected chi connectivity index (χ1v) is 6.02. The molecular weight excluding hydrogens is 214 g/mol. The van der Waals surface area contributed by atoms with Crippen molar-refractivity contribution in [3.8, 4) is 0 Å². The first-order valence-electron chi connectivity index (χ1n) is 6.02. The number of aromatic nitrogens is 1. The summed E-state index contributed by atoms with van der Waals surface area (Å²) in [5.41, 5.74) is 6.89. The molecule has 0 saturated carbocycles. The molecule has 0 aliphatic heterocycles. The molecule has 1 amide bonds. The van der Waals surface area contributed by atoms with Crippen LogP contribution in [0.2, 0.25) is 0 Å². The van der Waals surface area contributed by atoms with Crippen molar-refractivity contribution in [2.24, 2.45) is 5.73 Å². The van der Waals surface area contributed by atoms with Crippen molar-refractivity contribution >= 4 is 5.91 Å². The van der Waals surface area contributed by atoms with Crippen LogP contribution in [-0.4, -0.2) is 23.5 Å². The molecule has 17 heavy (non-hydrogen) atoms. The lowest BCUT2D eigenvalue weighted by molar-refractivity contribution is -0.121. The molecule has 1 rings (SSSR count). The zero-order chi connectivity index (χ0) is 12.7. The normalized spacial score (nSPS) is 12.5. The Morgan fingerprint density at radius 3 is 2.59 bits per heavy atom. The van der Waals surface area contributed by atoms with Gasteiger partial charge in [-0.15, -0.1) is 0 Å². The van der Waals surface area contributed by atoms with Crippen molar-refractivity contribution in [2.75, 3.05) is 6.54 Å². The molecule has 0 bridgehead atoms. The van der Waals surface area contributed by atoms with Crippen LogP contribution in [0.15, 0.2) is 24.5 Å². The largest absolute Gasteiger partial charge is 0.354 e. The van der Waals surface area contributed by atoms with Crippen LogP contribution in [0.4, 0.5) is 0 Å². The summed E-state index contributed by atoms with van der Waals surface area (Å²) in [6, 6.07) is 4.11. The topological polar surface area (TPSA) is 68.0 Å². The van der Waals surface area contributed by atoms with E-state index in [2.05, 4.69) is 10.3 Å². The number of rotatable bonds is 6. The molecule has 0 radical (unpaired) electrons. The van der Waals surface area contributed by atoms with E-state index in [1.165, 1.54) is 0 Å². The molecule has 1 aromatic heterocycles. The van der Waals surface area contributed by atoms with E-state index < -0.39 is 0 Å². The van der Waals surface area contributed by atoms with Crippen molar-refractivity contribution in [3.63, 3.8) is 0 Å². The molecule has 0 aliphatic carbocycles. The Bertz CT molecular complexity index is 338. The van der Waals surface area contributed by atoms with Gasteiger partial charge in [0.2, 0.25) is 5.91 Å². The fraction of sp³-hybridized carbons (Fsp3) is 0.538. The van der Waals surface area contributed by atoms with Crippen molar-refractivity contribution in [1.82, 2.24) is 10.3 Å². The summed E-state index contributed by atoms with van der Waals surface area (Å²) in [5.74, 6) is 0.323.